The number of anilines is 5. The minimum absolute atomic E-state index is 0.217. The van der Waals surface area contributed by atoms with E-state index < -0.39 is 0 Å². The second-order valence-corrected chi connectivity index (χ2v) is 6.61. The van der Waals surface area contributed by atoms with Gasteiger partial charge < -0.3 is 26.0 Å². The topological polar surface area (TPSA) is 70.2 Å². The summed E-state index contributed by atoms with van der Waals surface area (Å²) in [6, 6.07) is 6.15. The Labute approximate surface area is 163 Å². The lowest BCUT2D eigenvalue weighted by Crippen LogP contribution is -2.15. The zero-order chi connectivity index (χ0) is 20.0. The number of rotatable bonds is 9. The van der Waals surface area contributed by atoms with Crippen LogP contribution in [0.15, 0.2) is 18.2 Å². The van der Waals surface area contributed by atoms with Crippen LogP contribution in [0.1, 0.15) is 37.9 Å². The molecule has 0 amide bonds. The van der Waals surface area contributed by atoms with Gasteiger partial charge in [-0.2, -0.15) is 0 Å². The molecule has 2 rings (SSSR count). The molecule has 6 nitrogen and oxygen atoms in total. The van der Waals surface area contributed by atoms with Gasteiger partial charge in [-0.15, -0.1) is 0 Å². The fourth-order valence-electron chi connectivity index (χ4n) is 3.02. The highest BCUT2D eigenvalue weighted by Gasteiger charge is 2.16. The number of aromatic nitrogens is 1. The molecule has 0 unspecified atom stereocenters. The molecule has 6 heteroatoms. The number of nitrogens with zero attached hydrogens (tertiary/aromatic N) is 1. The van der Waals surface area contributed by atoms with Crippen molar-refractivity contribution < 1.29 is 4.74 Å². The molecule has 0 saturated heterocycles. The van der Waals surface area contributed by atoms with Gasteiger partial charge in [-0.1, -0.05) is 13.8 Å². The molecule has 0 radical (unpaired) electrons. The quantitative estimate of drug-likeness (QED) is 0.490. The van der Waals surface area contributed by atoms with Crippen LogP contribution in [0.5, 0.6) is 5.75 Å². The summed E-state index contributed by atoms with van der Waals surface area (Å²) in [6.07, 6.45) is 2.19. The second-order valence-electron chi connectivity index (χ2n) is 6.61. The van der Waals surface area contributed by atoms with Crippen LogP contribution in [-0.2, 0) is 0 Å². The summed E-state index contributed by atoms with van der Waals surface area (Å²) in [7, 11) is 5.74. The molecule has 0 spiro atoms. The normalized spacial score (nSPS) is 10.7. The number of hydrogen-bond acceptors (Lipinski definition) is 6. The standard InChI is InChI=1S/C21H33N5O/c1-8-16(9-2)27-19-10-13(3)25-21(14(19)4)26-20-17(23-6)11-15(22-5)12-18(20)24-7/h10-12,16,22-24H,8-9H2,1-7H3,(H,25,26). The van der Waals surface area contributed by atoms with Crippen molar-refractivity contribution in [2.75, 3.05) is 42.4 Å². The summed E-state index contributed by atoms with van der Waals surface area (Å²) in [5.41, 5.74) is 5.88. The van der Waals surface area contributed by atoms with Crippen LogP contribution in [0.4, 0.5) is 28.6 Å². The Morgan fingerprint density at radius 1 is 0.926 bits per heavy atom. The predicted octanol–water partition coefficient (Wildman–Crippen LogP) is 5.13. The Morgan fingerprint density at radius 3 is 2.00 bits per heavy atom. The lowest BCUT2D eigenvalue weighted by Gasteiger charge is -2.22. The molecule has 0 saturated carbocycles. The molecule has 1 heterocycles. The number of pyridine rings is 1. The highest BCUT2D eigenvalue weighted by Crippen LogP contribution is 2.38. The third-order valence-corrected chi connectivity index (χ3v) is 4.77. The minimum atomic E-state index is 0.217. The van der Waals surface area contributed by atoms with E-state index in [2.05, 4.69) is 47.2 Å². The van der Waals surface area contributed by atoms with E-state index in [1.54, 1.807) is 0 Å². The van der Waals surface area contributed by atoms with Crippen molar-refractivity contribution >= 4 is 28.6 Å². The van der Waals surface area contributed by atoms with Crippen molar-refractivity contribution in [3.8, 4) is 5.75 Å². The average Bonchev–Trinajstić information content (AvgIpc) is 2.68. The lowest BCUT2D eigenvalue weighted by atomic mass is 10.1. The van der Waals surface area contributed by atoms with Crippen molar-refractivity contribution in [1.29, 1.82) is 0 Å². The molecular formula is C21H33N5O. The Bertz CT molecular complexity index is 746. The number of hydrogen-bond donors (Lipinski definition) is 4. The summed E-state index contributed by atoms with van der Waals surface area (Å²) < 4.78 is 6.23. The first-order valence-corrected chi connectivity index (χ1v) is 9.60. The number of aryl methyl sites for hydroxylation is 1. The zero-order valence-corrected chi connectivity index (χ0v) is 17.6. The van der Waals surface area contributed by atoms with Crippen LogP contribution >= 0.6 is 0 Å². The summed E-state index contributed by atoms with van der Waals surface area (Å²) in [6.45, 7) is 8.34. The maximum Gasteiger partial charge on any atom is 0.137 e. The van der Waals surface area contributed by atoms with Gasteiger partial charge in [0.2, 0.25) is 0 Å². The van der Waals surface area contributed by atoms with E-state index in [1.165, 1.54) is 0 Å². The number of ether oxygens (including phenoxy) is 1. The number of benzene rings is 1. The smallest absolute Gasteiger partial charge is 0.137 e. The van der Waals surface area contributed by atoms with E-state index in [-0.39, 0.29) is 6.10 Å². The molecule has 27 heavy (non-hydrogen) atoms. The van der Waals surface area contributed by atoms with Gasteiger partial charge in [0.25, 0.3) is 0 Å². The molecule has 2 aromatic rings. The van der Waals surface area contributed by atoms with Crippen LogP contribution in [0.2, 0.25) is 0 Å². The summed E-state index contributed by atoms with van der Waals surface area (Å²) in [5, 5.41) is 13.2. The monoisotopic (exact) mass is 371 g/mol. The molecule has 148 valence electrons. The first-order chi connectivity index (χ1) is 13.0. The first-order valence-electron chi connectivity index (χ1n) is 9.60. The van der Waals surface area contributed by atoms with E-state index in [4.69, 9.17) is 9.72 Å². The van der Waals surface area contributed by atoms with Crippen molar-refractivity contribution in [2.45, 2.75) is 46.6 Å². The highest BCUT2D eigenvalue weighted by molar-refractivity contribution is 5.89. The maximum absolute atomic E-state index is 6.23. The van der Waals surface area contributed by atoms with Gasteiger partial charge in [0.05, 0.1) is 23.2 Å². The van der Waals surface area contributed by atoms with Gasteiger partial charge in [0.1, 0.15) is 11.6 Å². The molecule has 1 aromatic carbocycles. The zero-order valence-electron chi connectivity index (χ0n) is 17.6. The van der Waals surface area contributed by atoms with Crippen LogP contribution in [0.3, 0.4) is 0 Å². The molecular weight excluding hydrogens is 338 g/mol. The molecule has 4 N–H and O–H groups in total. The van der Waals surface area contributed by atoms with Crippen LogP contribution in [0, 0.1) is 13.8 Å². The fourth-order valence-corrected chi connectivity index (χ4v) is 3.02. The minimum Gasteiger partial charge on any atom is -0.490 e. The highest BCUT2D eigenvalue weighted by atomic mass is 16.5. The maximum atomic E-state index is 6.23. The Kier molecular flexibility index (Phi) is 7.16. The van der Waals surface area contributed by atoms with E-state index in [1.807, 2.05) is 41.1 Å². The third-order valence-electron chi connectivity index (χ3n) is 4.77. The summed E-state index contributed by atoms with van der Waals surface area (Å²) >= 11 is 0. The van der Waals surface area contributed by atoms with Crippen molar-refractivity contribution in [1.82, 2.24) is 4.98 Å². The Morgan fingerprint density at radius 2 is 1.52 bits per heavy atom. The molecule has 0 aliphatic rings. The molecule has 0 aliphatic heterocycles. The summed E-state index contributed by atoms with van der Waals surface area (Å²) in [5.74, 6) is 1.70. The van der Waals surface area contributed by atoms with Crippen molar-refractivity contribution in [3.05, 3.63) is 29.5 Å². The first kappa shape index (κ1) is 20.7. The largest absolute Gasteiger partial charge is 0.490 e. The van der Waals surface area contributed by atoms with Gasteiger partial charge >= 0.3 is 0 Å². The molecule has 0 atom stereocenters. The van der Waals surface area contributed by atoms with Gasteiger partial charge in [0.15, 0.2) is 0 Å². The molecule has 0 fully saturated rings. The third kappa shape index (κ3) is 4.76. The average molecular weight is 372 g/mol. The van der Waals surface area contributed by atoms with E-state index in [9.17, 15) is 0 Å². The van der Waals surface area contributed by atoms with Crippen LogP contribution in [0.25, 0.3) is 0 Å². The van der Waals surface area contributed by atoms with Crippen LogP contribution < -0.4 is 26.0 Å². The molecule has 0 bridgehead atoms. The predicted molar refractivity (Wildman–Crippen MR) is 117 cm³/mol. The second kappa shape index (κ2) is 9.35. The molecule has 1 aromatic heterocycles. The van der Waals surface area contributed by atoms with Gasteiger partial charge in [0, 0.05) is 44.2 Å². The van der Waals surface area contributed by atoms with E-state index >= 15 is 0 Å². The lowest BCUT2D eigenvalue weighted by molar-refractivity contribution is 0.191. The Hall–Kier alpha value is -2.63. The summed E-state index contributed by atoms with van der Waals surface area (Å²) in [4.78, 5) is 4.72. The SMILES string of the molecule is CCC(CC)Oc1cc(C)nc(Nc2c(NC)cc(NC)cc2NC)c1C. The van der Waals surface area contributed by atoms with Gasteiger partial charge in [-0.3, -0.25) is 0 Å². The van der Waals surface area contributed by atoms with Gasteiger partial charge in [-0.05, 0) is 38.8 Å². The van der Waals surface area contributed by atoms with Crippen molar-refractivity contribution in [2.24, 2.45) is 0 Å². The van der Waals surface area contributed by atoms with Crippen molar-refractivity contribution in [3.63, 3.8) is 0 Å². The number of nitrogens with one attached hydrogen (secondary N) is 4. The van der Waals surface area contributed by atoms with Crippen LogP contribution in [-0.4, -0.2) is 32.2 Å². The fraction of sp³-hybridized carbons (Fsp3) is 0.476. The molecule has 0 aliphatic carbocycles. The van der Waals surface area contributed by atoms with Gasteiger partial charge in [-0.25, -0.2) is 4.98 Å². The Balaban J connectivity index is 2.47. The van der Waals surface area contributed by atoms with E-state index in [0.29, 0.717) is 0 Å². The van der Waals surface area contributed by atoms with E-state index in [0.717, 1.165) is 58.4 Å².